The van der Waals surface area contributed by atoms with Crippen LogP contribution >= 0.6 is 0 Å². The molecule has 1 N–H and O–H groups in total. The first-order valence-electron chi connectivity index (χ1n) is 10.1. The van der Waals surface area contributed by atoms with Gasteiger partial charge in [-0.1, -0.05) is 17.4 Å². The second-order valence-electron chi connectivity index (χ2n) is 7.31. The molecule has 0 saturated carbocycles. The van der Waals surface area contributed by atoms with Crippen LogP contribution in [0, 0.1) is 0 Å². The van der Waals surface area contributed by atoms with Crippen molar-refractivity contribution in [2.45, 2.75) is 20.0 Å². The molecule has 1 aromatic rings. The van der Waals surface area contributed by atoms with E-state index in [2.05, 4.69) is 22.2 Å². The number of ether oxygens (including phenoxy) is 3. The number of nitrogens with zero attached hydrogens (tertiary/aromatic N) is 4. The molecule has 0 amide bonds. The first-order chi connectivity index (χ1) is 14.3. The van der Waals surface area contributed by atoms with Crippen molar-refractivity contribution in [2.75, 3.05) is 78.3 Å². The van der Waals surface area contributed by atoms with Crippen LogP contribution in [0.4, 0.5) is 0 Å². The Morgan fingerprint density at radius 3 is 2.43 bits per heavy atom. The summed E-state index contributed by atoms with van der Waals surface area (Å²) in [6, 6.07) is 0. The van der Waals surface area contributed by atoms with Crippen LogP contribution in [0.25, 0.3) is 0 Å². The molecule has 30 heavy (non-hydrogen) atoms. The molecule has 0 saturated heterocycles. The molecular formula is C19H37N5O5S. The lowest BCUT2D eigenvalue weighted by molar-refractivity contribution is 0.0133. The topological polar surface area (TPSA) is 108 Å². The van der Waals surface area contributed by atoms with Crippen LogP contribution in [0.1, 0.15) is 12.6 Å². The lowest BCUT2D eigenvalue weighted by Gasteiger charge is -2.13. The Morgan fingerprint density at radius 2 is 1.80 bits per heavy atom. The minimum absolute atomic E-state index is 0.131. The molecule has 0 aliphatic heterocycles. The Morgan fingerprint density at radius 1 is 1.17 bits per heavy atom. The van der Waals surface area contributed by atoms with Crippen molar-refractivity contribution in [1.82, 2.24) is 25.2 Å². The zero-order valence-electron chi connectivity index (χ0n) is 18.5. The Hall–Kier alpha value is -1.37. The fraction of sp³-hybridized carbons (Fsp3) is 0.789. The molecule has 1 aromatic heterocycles. The van der Waals surface area contributed by atoms with Crippen molar-refractivity contribution in [3.8, 4) is 0 Å². The van der Waals surface area contributed by atoms with E-state index in [1.807, 2.05) is 25.1 Å². The number of nitrogens with one attached hydrogen (secondary N) is 1. The monoisotopic (exact) mass is 447 g/mol. The van der Waals surface area contributed by atoms with E-state index in [9.17, 15) is 8.42 Å². The number of hydrogen-bond acceptors (Lipinski definition) is 9. The molecule has 1 heterocycles. The summed E-state index contributed by atoms with van der Waals surface area (Å²) in [5, 5.41) is 11.4. The van der Waals surface area contributed by atoms with Crippen molar-refractivity contribution in [3.05, 3.63) is 24.0 Å². The highest BCUT2D eigenvalue weighted by Gasteiger charge is 2.08. The molecular weight excluding hydrogens is 410 g/mol. The highest BCUT2D eigenvalue weighted by atomic mass is 32.2. The SMILES string of the molecule is C=C(C)CNCCOCCOCCOCCn1cc(CN(C)CCS(C)(=O)=O)nn1. The average Bonchev–Trinajstić information content (AvgIpc) is 3.10. The lowest BCUT2D eigenvalue weighted by Crippen LogP contribution is -2.25. The van der Waals surface area contributed by atoms with E-state index < -0.39 is 9.84 Å². The smallest absolute Gasteiger partial charge is 0.148 e. The summed E-state index contributed by atoms with van der Waals surface area (Å²) >= 11 is 0. The van der Waals surface area contributed by atoms with Gasteiger partial charge in [0.15, 0.2) is 0 Å². The van der Waals surface area contributed by atoms with Crippen LogP contribution < -0.4 is 5.32 Å². The third kappa shape index (κ3) is 15.5. The molecule has 0 spiro atoms. The number of sulfone groups is 1. The predicted molar refractivity (Wildman–Crippen MR) is 116 cm³/mol. The quantitative estimate of drug-likeness (QED) is 0.231. The summed E-state index contributed by atoms with van der Waals surface area (Å²) in [6.07, 6.45) is 3.08. The maximum atomic E-state index is 11.2. The zero-order chi connectivity index (χ0) is 22.2. The molecule has 0 radical (unpaired) electrons. The van der Waals surface area contributed by atoms with Crippen LogP contribution in [0.3, 0.4) is 0 Å². The summed E-state index contributed by atoms with van der Waals surface area (Å²) in [6.45, 7) is 12.3. The third-order valence-corrected chi connectivity index (χ3v) is 4.84. The van der Waals surface area contributed by atoms with E-state index in [-0.39, 0.29) is 5.75 Å². The van der Waals surface area contributed by atoms with Gasteiger partial charge >= 0.3 is 0 Å². The summed E-state index contributed by atoms with van der Waals surface area (Å²) < 4.78 is 40.6. The highest BCUT2D eigenvalue weighted by molar-refractivity contribution is 7.90. The average molecular weight is 448 g/mol. The molecule has 0 aliphatic carbocycles. The van der Waals surface area contributed by atoms with Gasteiger partial charge in [-0.3, -0.25) is 4.90 Å². The van der Waals surface area contributed by atoms with Crippen molar-refractivity contribution in [1.29, 1.82) is 0 Å². The summed E-state index contributed by atoms with van der Waals surface area (Å²) in [7, 11) is -1.10. The molecule has 0 atom stereocenters. The Bertz CT molecular complexity index is 695. The van der Waals surface area contributed by atoms with Gasteiger partial charge in [-0.15, -0.1) is 5.10 Å². The normalized spacial score (nSPS) is 12.0. The third-order valence-electron chi connectivity index (χ3n) is 3.92. The molecule has 0 aromatic carbocycles. The molecule has 10 nitrogen and oxygen atoms in total. The van der Waals surface area contributed by atoms with Crippen molar-refractivity contribution >= 4 is 9.84 Å². The van der Waals surface area contributed by atoms with E-state index >= 15 is 0 Å². The van der Waals surface area contributed by atoms with Crippen molar-refractivity contribution in [3.63, 3.8) is 0 Å². The standard InChI is InChI=1S/C19H37N5O5S/c1-18(2)15-20-5-8-27-10-12-29-13-11-28-9-6-24-17-19(21-22-24)16-23(3)7-14-30(4,25)26/h17,20H,1,5-16H2,2-4H3. The van der Waals surface area contributed by atoms with Crippen LogP contribution in [-0.4, -0.2) is 107 Å². The largest absolute Gasteiger partial charge is 0.378 e. The molecule has 1 rings (SSSR count). The Labute approximate surface area is 180 Å². The van der Waals surface area contributed by atoms with Gasteiger partial charge in [0.1, 0.15) is 9.84 Å². The van der Waals surface area contributed by atoms with Gasteiger partial charge in [0.2, 0.25) is 0 Å². The number of aromatic nitrogens is 3. The molecule has 174 valence electrons. The molecule has 11 heteroatoms. The summed E-state index contributed by atoms with van der Waals surface area (Å²) in [4.78, 5) is 1.91. The minimum Gasteiger partial charge on any atom is -0.378 e. The minimum atomic E-state index is -2.96. The Balaban J connectivity index is 1.97. The predicted octanol–water partition coefficient (Wildman–Crippen LogP) is -0.0300. The van der Waals surface area contributed by atoms with Crippen LogP contribution in [0.5, 0.6) is 0 Å². The van der Waals surface area contributed by atoms with Crippen molar-refractivity contribution < 1.29 is 22.6 Å². The van der Waals surface area contributed by atoms with Gasteiger partial charge in [-0.05, 0) is 14.0 Å². The van der Waals surface area contributed by atoms with E-state index in [0.717, 1.165) is 24.4 Å². The summed E-state index contributed by atoms with van der Waals surface area (Å²) in [5.41, 5.74) is 1.90. The first-order valence-corrected chi connectivity index (χ1v) is 12.2. The fourth-order valence-corrected chi connectivity index (χ4v) is 2.99. The Kier molecular flexibility index (Phi) is 13.7. The lowest BCUT2D eigenvalue weighted by atomic mass is 10.3. The van der Waals surface area contributed by atoms with Gasteiger partial charge in [-0.2, -0.15) is 0 Å². The van der Waals surface area contributed by atoms with Gasteiger partial charge in [0, 0.05) is 38.6 Å². The molecule has 0 unspecified atom stereocenters. The van der Waals surface area contributed by atoms with E-state index in [1.54, 1.807) is 4.68 Å². The second kappa shape index (κ2) is 15.4. The van der Waals surface area contributed by atoms with Crippen LogP contribution in [-0.2, 0) is 37.1 Å². The highest BCUT2D eigenvalue weighted by Crippen LogP contribution is 1.99. The van der Waals surface area contributed by atoms with Gasteiger partial charge < -0.3 is 19.5 Å². The zero-order valence-corrected chi connectivity index (χ0v) is 19.3. The van der Waals surface area contributed by atoms with Crippen molar-refractivity contribution in [2.24, 2.45) is 0 Å². The number of hydrogen-bond donors (Lipinski definition) is 1. The van der Waals surface area contributed by atoms with Gasteiger partial charge in [0.25, 0.3) is 0 Å². The number of rotatable bonds is 19. The van der Waals surface area contributed by atoms with Crippen LogP contribution in [0.15, 0.2) is 18.3 Å². The fourth-order valence-electron chi connectivity index (χ4n) is 2.34. The first kappa shape index (κ1) is 26.7. The van der Waals surface area contributed by atoms with Gasteiger partial charge in [0.05, 0.1) is 57.6 Å². The molecule has 0 fully saturated rings. The second-order valence-corrected chi connectivity index (χ2v) is 9.57. The van der Waals surface area contributed by atoms with E-state index in [1.165, 1.54) is 6.26 Å². The van der Waals surface area contributed by atoms with E-state index in [4.69, 9.17) is 14.2 Å². The maximum Gasteiger partial charge on any atom is 0.148 e. The molecule has 0 aliphatic rings. The molecule has 0 bridgehead atoms. The van der Waals surface area contributed by atoms with E-state index in [0.29, 0.717) is 59.3 Å². The van der Waals surface area contributed by atoms with Crippen LogP contribution in [0.2, 0.25) is 0 Å². The maximum absolute atomic E-state index is 11.2. The summed E-state index contributed by atoms with van der Waals surface area (Å²) in [5.74, 6) is 0.131. The van der Waals surface area contributed by atoms with Gasteiger partial charge in [-0.25, -0.2) is 13.1 Å².